The molecule has 0 aliphatic heterocycles. The van der Waals surface area contributed by atoms with Gasteiger partial charge in [0.05, 0.1) is 12.3 Å². The normalized spacial score (nSPS) is 10.8. The van der Waals surface area contributed by atoms with Crippen molar-refractivity contribution in [2.75, 3.05) is 7.11 Å². The van der Waals surface area contributed by atoms with Gasteiger partial charge in [0, 0.05) is 23.4 Å². The highest BCUT2D eigenvalue weighted by Crippen LogP contribution is 2.20. The van der Waals surface area contributed by atoms with Gasteiger partial charge in [-0.1, -0.05) is 35.5 Å². The van der Waals surface area contributed by atoms with Crippen LogP contribution in [0.1, 0.15) is 16.8 Å². The molecule has 0 aliphatic rings. The number of rotatable bonds is 5. The Bertz CT molecular complexity index is 641. The highest BCUT2D eigenvalue weighted by atomic mass is 35.5. The summed E-state index contributed by atoms with van der Waals surface area (Å²) in [5.41, 5.74) is 2.28. The van der Waals surface area contributed by atoms with Crippen LogP contribution < -0.4 is 5.56 Å². The van der Waals surface area contributed by atoms with Crippen LogP contribution >= 0.6 is 23.4 Å². The molecule has 0 aliphatic carbocycles. The summed E-state index contributed by atoms with van der Waals surface area (Å²) in [5.74, 6) is 0.718. The Labute approximate surface area is 126 Å². The molecule has 1 aromatic carbocycles. The number of benzene rings is 1. The quantitative estimate of drug-likeness (QED) is 0.681. The minimum Gasteiger partial charge on any atom is -0.378 e. The van der Waals surface area contributed by atoms with E-state index in [9.17, 15) is 4.79 Å². The first kappa shape index (κ1) is 15.1. The predicted molar refractivity (Wildman–Crippen MR) is 81.3 cm³/mol. The average molecular weight is 311 g/mol. The van der Waals surface area contributed by atoms with E-state index < -0.39 is 0 Å². The van der Waals surface area contributed by atoms with Gasteiger partial charge >= 0.3 is 0 Å². The molecule has 1 aromatic heterocycles. The average Bonchev–Trinajstić information content (AvgIpc) is 2.44. The molecule has 106 valence electrons. The van der Waals surface area contributed by atoms with E-state index in [1.165, 1.54) is 11.8 Å². The second-order valence-corrected chi connectivity index (χ2v) is 5.69. The first-order valence-corrected chi connectivity index (χ1v) is 7.42. The standard InChI is InChI=1S/C14H15ClN2O2S/c1-9-12(7-19-2)16-14(17-13(9)18)20-8-10-3-5-11(15)6-4-10/h3-6H,7-8H2,1-2H3,(H,16,17,18). The van der Waals surface area contributed by atoms with Gasteiger partial charge in [-0.2, -0.15) is 0 Å². The molecule has 0 radical (unpaired) electrons. The number of H-pyrrole nitrogens is 1. The Balaban J connectivity index is 2.13. The Kier molecular flexibility index (Phi) is 5.23. The van der Waals surface area contributed by atoms with Crippen molar-refractivity contribution in [3.63, 3.8) is 0 Å². The van der Waals surface area contributed by atoms with Gasteiger partial charge in [0.1, 0.15) is 0 Å². The van der Waals surface area contributed by atoms with Gasteiger partial charge in [0.15, 0.2) is 5.16 Å². The van der Waals surface area contributed by atoms with Crippen molar-refractivity contribution in [3.05, 3.63) is 56.5 Å². The molecule has 6 heteroatoms. The van der Waals surface area contributed by atoms with E-state index in [0.717, 1.165) is 11.3 Å². The van der Waals surface area contributed by atoms with E-state index in [2.05, 4.69) is 9.97 Å². The Morgan fingerprint density at radius 3 is 2.70 bits per heavy atom. The number of hydrogen-bond donors (Lipinski definition) is 1. The number of aromatic amines is 1. The fourth-order valence-corrected chi connectivity index (χ4v) is 2.60. The van der Waals surface area contributed by atoms with E-state index in [1.54, 1.807) is 14.0 Å². The van der Waals surface area contributed by atoms with Gasteiger partial charge < -0.3 is 9.72 Å². The minimum atomic E-state index is -0.120. The smallest absolute Gasteiger partial charge is 0.254 e. The van der Waals surface area contributed by atoms with E-state index in [-0.39, 0.29) is 5.56 Å². The third kappa shape index (κ3) is 3.85. The lowest BCUT2D eigenvalue weighted by atomic mass is 10.2. The first-order chi connectivity index (χ1) is 9.60. The number of halogens is 1. The maximum atomic E-state index is 11.8. The number of nitrogens with zero attached hydrogens (tertiary/aromatic N) is 1. The Morgan fingerprint density at radius 2 is 2.05 bits per heavy atom. The highest BCUT2D eigenvalue weighted by molar-refractivity contribution is 7.98. The van der Waals surface area contributed by atoms with Crippen molar-refractivity contribution in [1.29, 1.82) is 0 Å². The summed E-state index contributed by atoms with van der Waals surface area (Å²) in [6, 6.07) is 7.60. The van der Waals surface area contributed by atoms with Crippen LogP contribution in [0.15, 0.2) is 34.2 Å². The van der Waals surface area contributed by atoms with Crippen molar-refractivity contribution in [1.82, 2.24) is 9.97 Å². The van der Waals surface area contributed by atoms with Gasteiger partial charge in [-0.25, -0.2) is 4.98 Å². The molecule has 0 fully saturated rings. The number of methoxy groups -OCH3 is 1. The van der Waals surface area contributed by atoms with Crippen molar-refractivity contribution in [3.8, 4) is 0 Å². The summed E-state index contributed by atoms with van der Waals surface area (Å²) in [5, 5.41) is 1.31. The lowest BCUT2D eigenvalue weighted by Gasteiger charge is -2.06. The SMILES string of the molecule is COCc1nc(SCc2ccc(Cl)cc2)[nH]c(=O)c1C. The molecular weight excluding hydrogens is 296 g/mol. The third-order valence-electron chi connectivity index (χ3n) is 2.80. The maximum Gasteiger partial charge on any atom is 0.254 e. The monoisotopic (exact) mass is 310 g/mol. The fourth-order valence-electron chi connectivity index (χ4n) is 1.63. The van der Waals surface area contributed by atoms with Crippen molar-refractivity contribution >= 4 is 23.4 Å². The molecule has 0 bridgehead atoms. The topological polar surface area (TPSA) is 55.0 Å². The molecular formula is C14H15ClN2O2S. The van der Waals surface area contributed by atoms with Crippen LogP contribution in [0.5, 0.6) is 0 Å². The second kappa shape index (κ2) is 6.92. The summed E-state index contributed by atoms with van der Waals surface area (Å²) in [6.07, 6.45) is 0. The van der Waals surface area contributed by atoms with Crippen LogP contribution in [-0.2, 0) is 17.1 Å². The summed E-state index contributed by atoms with van der Waals surface area (Å²) in [7, 11) is 1.59. The molecule has 4 nitrogen and oxygen atoms in total. The van der Waals surface area contributed by atoms with Gasteiger partial charge in [-0.05, 0) is 24.6 Å². The van der Waals surface area contributed by atoms with Gasteiger partial charge in [0.2, 0.25) is 0 Å². The zero-order chi connectivity index (χ0) is 14.5. The van der Waals surface area contributed by atoms with Gasteiger partial charge in [0.25, 0.3) is 5.56 Å². The number of hydrogen-bond acceptors (Lipinski definition) is 4. The molecule has 2 rings (SSSR count). The van der Waals surface area contributed by atoms with E-state index >= 15 is 0 Å². The number of ether oxygens (including phenoxy) is 1. The predicted octanol–water partition coefficient (Wildman–Crippen LogP) is 3.17. The van der Waals surface area contributed by atoms with Crippen LogP contribution in [0, 0.1) is 6.92 Å². The van der Waals surface area contributed by atoms with Crippen LogP contribution in [0.3, 0.4) is 0 Å². The van der Waals surface area contributed by atoms with Gasteiger partial charge in [-0.15, -0.1) is 0 Å². The number of aromatic nitrogens is 2. The number of nitrogens with one attached hydrogen (secondary N) is 1. The van der Waals surface area contributed by atoms with Crippen molar-refractivity contribution < 1.29 is 4.74 Å². The van der Waals surface area contributed by atoms with E-state index in [1.807, 2.05) is 24.3 Å². The second-order valence-electron chi connectivity index (χ2n) is 4.29. The number of thioether (sulfide) groups is 1. The molecule has 0 saturated carbocycles. The molecule has 2 aromatic rings. The molecule has 0 amide bonds. The van der Waals surface area contributed by atoms with Gasteiger partial charge in [-0.3, -0.25) is 4.79 Å². The molecule has 0 saturated heterocycles. The van der Waals surface area contributed by atoms with E-state index in [0.29, 0.717) is 28.0 Å². The summed E-state index contributed by atoms with van der Waals surface area (Å²) >= 11 is 7.32. The van der Waals surface area contributed by atoms with Crippen LogP contribution in [0.25, 0.3) is 0 Å². The molecule has 1 heterocycles. The molecule has 0 spiro atoms. The highest BCUT2D eigenvalue weighted by Gasteiger charge is 2.08. The van der Waals surface area contributed by atoms with Crippen LogP contribution in [0.4, 0.5) is 0 Å². The maximum absolute atomic E-state index is 11.8. The lowest BCUT2D eigenvalue weighted by molar-refractivity contribution is 0.180. The van der Waals surface area contributed by atoms with Crippen molar-refractivity contribution in [2.45, 2.75) is 24.4 Å². The summed E-state index contributed by atoms with van der Waals surface area (Å²) < 4.78 is 5.06. The Morgan fingerprint density at radius 1 is 1.35 bits per heavy atom. The van der Waals surface area contributed by atoms with Crippen LogP contribution in [0.2, 0.25) is 5.02 Å². The Hall–Kier alpha value is -1.30. The molecule has 0 atom stereocenters. The summed E-state index contributed by atoms with van der Waals surface area (Å²) in [4.78, 5) is 19.0. The fraction of sp³-hybridized carbons (Fsp3) is 0.286. The molecule has 1 N–H and O–H groups in total. The van der Waals surface area contributed by atoms with Crippen molar-refractivity contribution in [2.24, 2.45) is 0 Å². The first-order valence-electron chi connectivity index (χ1n) is 6.06. The summed E-state index contributed by atoms with van der Waals surface area (Å²) in [6.45, 7) is 2.08. The minimum absolute atomic E-state index is 0.120. The largest absolute Gasteiger partial charge is 0.378 e. The zero-order valence-corrected chi connectivity index (χ0v) is 12.8. The molecule has 0 unspecified atom stereocenters. The van der Waals surface area contributed by atoms with E-state index in [4.69, 9.17) is 16.3 Å². The third-order valence-corrected chi connectivity index (χ3v) is 4.00. The van der Waals surface area contributed by atoms with Crippen LogP contribution in [-0.4, -0.2) is 17.1 Å². The molecule has 20 heavy (non-hydrogen) atoms. The lowest BCUT2D eigenvalue weighted by Crippen LogP contribution is -2.16. The zero-order valence-electron chi connectivity index (χ0n) is 11.3.